The smallest absolute Gasteiger partial charge is 0.0895 e. The molecule has 1 heterocycles. The first-order valence-electron chi connectivity index (χ1n) is 3.50. The highest BCUT2D eigenvalue weighted by molar-refractivity contribution is 7.05. The van der Waals surface area contributed by atoms with Gasteiger partial charge >= 0.3 is 0 Å². The second-order valence-corrected chi connectivity index (χ2v) is 3.15. The van der Waals surface area contributed by atoms with Gasteiger partial charge in [-0.2, -0.15) is 4.37 Å². The second-order valence-electron chi connectivity index (χ2n) is 2.26. The van der Waals surface area contributed by atoms with Crippen LogP contribution in [-0.4, -0.2) is 18.0 Å². The fraction of sp³-hybridized carbons (Fsp3) is 0.571. The molecule has 0 aliphatic heterocycles. The summed E-state index contributed by atoms with van der Waals surface area (Å²) in [4.78, 5) is 1.24. The maximum Gasteiger partial charge on any atom is 0.0895 e. The Morgan fingerprint density at radius 2 is 2.55 bits per heavy atom. The molecular weight excluding hydrogens is 160 g/mol. The van der Waals surface area contributed by atoms with E-state index in [4.69, 9.17) is 10.5 Å². The number of nitrogens with two attached hydrogens (primary N) is 1. The summed E-state index contributed by atoms with van der Waals surface area (Å²) in [6, 6.07) is 2.04. The van der Waals surface area contributed by atoms with Crippen LogP contribution in [0.3, 0.4) is 0 Å². The summed E-state index contributed by atoms with van der Waals surface area (Å²) in [6.45, 7) is 1.29. The van der Waals surface area contributed by atoms with E-state index in [1.165, 1.54) is 16.4 Å². The maximum absolute atomic E-state index is 5.39. The average molecular weight is 172 g/mol. The van der Waals surface area contributed by atoms with Crippen LogP contribution < -0.4 is 5.73 Å². The van der Waals surface area contributed by atoms with Gasteiger partial charge in [0.15, 0.2) is 0 Å². The lowest BCUT2D eigenvalue weighted by Crippen LogP contribution is -2.00. The van der Waals surface area contributed by atoms with Crippen molar-refractivity contribution in [3.8, 4) is 0 Å². The third kappa shape index (κ3) is 2.57. The highest BCUT2D eigenvalue weighted by Gasteiger charge is 1.99. The van der Waals surface area contributed by atoms with Crippen LogP contribution in [0.25, 0.3) is 0 Å². The van der Waals surface area contributed by atoms with E-state index in [0.717, 1.165) is 12.1 Å². The molecule has 0 spiro atoms. The van der Waals surface area contributed by atoms with E-state index in [1.807, 2.05) is 6.07 Å². The lowest BCUT2D eigenvalue weighted by atomic mass is 10.3. The number of hydrogen-bond donors (Lipinski definition) is 1. The number of rotatable bonds is 4. The standard InChI is InChI=1S/C7H12N2OS/c1-10-5-6-4-7(2-3-8)11-9-6/h4H,2-3,5,8H2,1H3. The molecule has 1 aromatic rings. The van der Waals surface area contributed by atoms with Crippen LogP contribution in [0.15, 0.2) is 6.07 Å². The van der Waals surface area contributed by atoms with Gasteiger partial charge in [0.2, 0.25) is 0 Å². The molecule has 2 N–H and O–H groups in total. The lowest BCUT2D eigenvalue weighted by Gasteiger charge is -1.89. The molecule has 1 rings (SSSR count). The minimum atomic E-state index is 0.598. The zero-order valence-corrected chi connectivity index (χ0v) is 7.36. The number of hydrogen-bond acceptors (Lipinski definition) is 4. The second kappa shape index (κ2) is 4.43. The highest BCUT2D eigenvalue weighted by Crippen LogP contribution is 2.10. The van der Waals surface area contributed by atoms with E-state index in [9.17, 15) is 0 Å². The Balaban J connectivity index is 2.51. The zero-order chi connectivity index (χ0) is 8.10. The Morgan fingerprint density at radius 1 is 1.73 bits per heavy atom. The summed E-state index contributed by atoms with van der Waals surface area (Å²) in [5, 5.41) is 0. The summed E-state index contributed by atoms with van der Waals surface area (Å²) in [5.74, 6) is 0. The van der Waals surface area contributed by atoms with Crippen molar-refractivity contribution < 1.29 is 4.74 Å². The van der Waals surface area contributed by atoms with Crippen molar-refractivity contribution in [2.45, 2.75) is 13.0 Å². The molecule has 4 heteroatoms. The van der Waals surface area contributed by atoms with Crippen LogP contribution in [0.1, 0.15) is 10.6 Å². The predicted molar refractivity (Wildman–Crippen MR) is 45.6 cm³/mol. The fourth-order valence-corrected chi connectivity index (χ4v) is 1.57. The van der Waals surface area contributed by atoms with Crippen molar-refractivity contribution in [1.29, 1.82) is 0 Å². The molecule has 0 unspecified atom stereocenters. The average Bonchev–Trinajstić information content (AvgIpc) is 2.38. The minimum absolute atomic E-state index is 0.598. The van der Waals surface area contributed by atoms with Crippen LogP contribution in [0, 0.1) is 0 Å². The Hall–Kier alpha value is -0.450. The molecule has 0 aromatic carbocycles. The molecule has 3 nitrogen and oxygen atoms in total. The Kier molecular flexibility index (Phi) is 3.48. The number of aromatic nitrogens is 1. The summed E-state index contributed by atoms with van der Waals surface area (Å²) in [5.41, 5.74) is 6.39. The predicted octanol–water partition coefficient (Wildman–Crippen LogP) is 0.791. The molecular formula is C7H12N2OS. The molecule has 0 radical (unpaired) electrons. The number of methoxy groups -OCH3 is 1. The molecule has 0 saturated heterocycles. The van der Waals surface area contributed by atoms with Crippen LogP contribution in [-0.2, 0) is 17.8 Å². The van der Waals surface area contributed by atoms with Crippen molar-refractivity contribution >= 4 is 11.5 Å². The van der Waals surface area contributed by atoms with E-state index in [2.05, 4.69) is 4.37 Å². The summed E-state index contributed by atoms with van der Waals surface area (Å²) >= 11 is 1.50. The molecule has 0 fully saturated rings. The van der Waals surface area contributed by atoms with Gasteiger partial charge in [-0.15, -0.1) is 0 Å². The first-order valence-corrected chi connectivity index (χ1v) is 4.27. The van der Waals surface area contributed by atoms with Gasteiger partial charge in [-0.25, -0.2) is 0 Å². The van der Waals surface area contributed by atoms with E-state index in [-0.39, 0.29) is 0 Å². The van der Waals surface area contributed by atoms with E-state index in [1.54, 1.807) is 7.11 Å². The monoisotopic (exact) mass is 172 g/mol. The van der Waals surface area contributed by atoms with Crippen molar-refractivity contribution in [3.63, 3.8) is 0 Å². The molecule has 0 atom stereocenters. The number of nitrogens with zero attached hydrogens (tertiary/aromatic N) is 1. The third-order valence-corrected chi connectivity index (χ3v) is 2.17. The zero-order valence-electron chi connectivity index (χ0n) is 6.54. The lowest BCUT2D eigenvalue weighted by molar-refractivity contribution is 0.182. The van der Waals surface area contributed by atoms with Crippen LogP contribution in [0.2, 0.25) is 0 Å². The van der Waals surface area contributed by atoms with Crippen LogP contribution in [0.5, 0.6) is 0 Å². The van der Waals surface area contributed by atoms with Gasteiger partial charge in [-0.3, -0.25) is 0 Å². The molecule has 0 aliphatic rings. The van der Waals surface area contributed by atoms with Gasteiger partial charge in [0.25, 0.3) is 0 Å². The van der Waals surface area contributed by atoms with E-state index >= 15 is 0 Å². The summed E-state index contributed by atoms with van der Waals surface area (Å²) in [6.07, 6.45) is 0.918. The molecule has 0 bridgehead atoms. The van der Waals surface area contributed by atoms with Gasteiger partial charge in [-0.1, -0.05) is 0 Å². The Labute approximate surface area is 70.3 Å². The van der Waals surface area contributed by atoms with Crippen molar-refractivity contribution in [1.82, 2.24) is 4.37 Å². The largest absolute Gasteiger partial charge is 0.378 e. The van der Waals surface area contributed by atoms with E-state index in [0.29, 0.717) is 13.2 Å². The Morgan fingerprint density at radius 3 is 3.18 bits per heavy atom. The van der Waals surface area contributed by atoms with Gasteiger partial charge in [0.1, 0.15) is 0 Å². The number of ether oxygens (including phenoxy) is 1. The quantitative estimate of drug-likeness (QED) is 0.730. The molecule has 62 valence electrons. The van der Waals surface area contributed by atoms with Crippen LogP contribution >= 0.6 is 11.5 Å². The van der Waals surface area contributed by atoms with Crippen molar-refractivity contribution in [3.05, 3.63) is 16.6 Å². The van der Waals surface area contributed by atoms with Crippen molar-refractivity contribution in [2.75, 3.05) is 13.7 Å². The normalized spacial score (nSPS) is 10.4. The first kappa shape index (κ1) is 8.64. The maximum atomic E-state index is 5.39. The molecule has 1 aromatic heterocycles. The Bertz CT molecular complexity index is 191. The van der Waals surface area contributed by atoms with Crippen molar-refractivity contribution in [2.24, 2.45) is 5.73 Å². The van der Waals surface area contributed by atoms with E-state index < -0.39 is 0 Å². The molecule has 0 aliphatic carbocycles. The van der Waals surface area contributed by atoms with Gasteiger partial charge in [-0.05, 0) is 30.6 Å². The molecule has 11 heavy (non-hydrogen) atoms. The van der Waals surface area contributed by atoms with Crippen LogP contribution in [0.4, 0.5) is 0 Å². The summed E-state index contributed by atoms with van der Waals surface area (Å²) < 4.78 is 9.12. The topological polar surface area (TPSA) is 48.1 Å². The molecule has 0 amide bonds. The fourth-order valence-electron chi connectivity index (χ4n) is 0.832. The third-order valence-electron chi connectivity index (χ3n) is 1.29. The van der Waals surface area contributed by atoms with Gasteiger partial charge in [0.05, 0.1) is 12.3 Å². The summed E-state index contributed by atoms with van der Waals surface area (Å²) in [7, 11) is 1.67. The van der Waals surface area contributed by atoms with Gasteiger partial charge < -0.3 is 10.5 Å². The minimum Gasteiger partial charge on any atom is -0.378 e. The SMILES string of the molecule is COCc1cc(CCN)sn1. The van der Waals surface area contributed by atoms with Gasteiger partial charge in [0, 0.05) is 12.0 Å². The molecule has 0 saturated carbocycles. The first-order chi connectivity index (χ1) is 5.36. The highest BCUT2D eigenvalue weighted by atomic mass is 32.1.